The first-order chi connectivity index (χ1) is 7.43. The summed E-state index contributed by atoms with van der Waals surface area (Å²) in [5.74, 6) is 0. The van der Waals surface area contributed by atoms with Crippen LogP contribution in [0, 0.1) is 0 Å². The normalized spacial score (nSPS) is 10.5. The van der Waals surface area contributed by atoms with Gasteiger partial charge in [0.05, 0.1) is 0 Å². The Bertz CT molecular complexity index is 236. The molecule has 84 valence electrons. The van der Waals surface area contributed by atoms with Gasteiger partial charge in [-0.15, -0.1) is 0 Å². The molecule has 1 heterocycles. The Hall–Kier alpha value is -0.930. The van der Waals surface area contributed by atoms with Crippen molar-refractivity contribution in [1.29, 1.82) is 0 Å². The molecule has 2 N–H and O–H groups in total. The van der Waals surface area contributed by atoms with Gasteiger partial charge in [0.1, 0.15) is 0 Å². The largest absolute Gasteiger partial charge is 0.320 e. The average molecular weight is 207 g/mol. The number of hydrogen-bond acceptors (Lipinski definition) is 3. The van der Waals surface area contributed by atoms with Crippen molar-refractivity contribution in [2.24, 2.45) is 0 Å². The number of hydrogen-bond donors (Lipinski definition) is 2. The third-order valence-corrected chi connectivity index (χ3v) is 2.31. The van der Waals surface area contributed by atoms with E-state index in [1.54, 1.807) is 0 Å². The predicted octanol–water partition coefficient (Wildman–Crippen LogP) is 1.21. The number of nitrogens with one attached hydrogen (secondary N) is 2. The molecule has 0 spiro atoms. The average Bonchev–Trinajstić information content (AvgIpc) is 2.29. The zero-order valence-corrected chi connectivity index (χ0v) is 9.50. The van der Waals surface area contributed by atoms with Crippen molar-refractivity contribution in [3.8, 4) is 0 Å². The molecule has 0 aliphatic rings. The third kappa shape index (κ3) is 6.20. The van der Waals surface area contributed by atoms with Crippen LogP contribution in [0.3, 0.4) is 0 Å². The molecule has 0 saturated carbocycles. The topological polar surface area (TPSA) is 37.0 Å². The van der Waals surface area contributed by atoms with Gasteiger partial charge in [0, 0.05) is 24.9 Å². The highest BCUT2D eigenvalue weighted by Gasteiger charge is 1.92. The molecule has 0 atom stereocenters. The van der Waals surface area contributed by atoms with E-state index < -0.39 is 0 Å². The molecule has 0 fully saturated rings. The van der Waals surface area contributed by atoms with Crippen LogP contribution in [0.4, 0.5) is 0 Å². The lowest BCUT2D eigenvalue weighted by molar-refractivity contribution is 0.604. The van der Waals surface area contributed by atoms with E-state index in [9.17, 15) is 0 Å². The summed E-state index contributed by atoms with van der Waals surface area (Å²) in [5.41, 5.74) is 1.17. The Morgan fingerprint density at radius 3 is 2.73 bits per heavy atom. The summed E-state index contributed by atoms with van der Waals surface area (Å²) in [6, 6.07) is 6.06. The minimum atomic E-state index is 1.02. The first-order valence-corrected chi connectivity index (χ1v) is 5.68. The zero-order chi connectivity index (χ0) is 10.8. The van der Waals surface area contributed by atoms with E-state index in [4.69, 9.17) is 0 Å². The summed E-state index contributed by atoms with van der Waals surface area (Å²) < 4.78 is 0. The van der Waals surface area contributed by atoms with E-state index >= 15 is 0 Å². The van der Waals surface area contributed by atoms with Crippen LogP contribution in [0.25, 0.3) is 0 Å². The molecule has 1 aromatic heterocycles. The number of aromatic nitrogens is 1. The maximum atomic E-state index is 4.28. The monoisotopic (exact) mass is 207 g/mol. The third-order valence-electron chi connectivity index (χ3n) is 2.31. The van der Waals surface area contributed by atoms with E-state index in [1.807, 2.05) is 25.4 Å². The molecule has 1 rings (SSSR count). The molecule has 0 unspecified atom stereocenters. The summed E-state index contributed by atoms with van der Waals surface area (Å²) in [6.45, 7) is 3.24. The van der Waals surface area contributed by atoms with E-state index in [1.165, 1.54) is 18.5 Å². The smallest absolute Gasteiger partial charge is 0.0416 e. The second-order valence-electron chi connectivity index (χ2n) is 3.63. The Morgan fingerprint density at radius 2 is 2.00 bits per heavy atom. The Labute approximate surface area is 92.3 Å². The molecule has 1 aromatic rings. The van der Waals surface area contributed by atoms with Gasteiger partial charge in [-0.05, 0) is 45.1 Å². The summed E-state index contributed by atoms with van der Waals surface area (Å²) in [7, 11) is 1.99. The van der Waals surface area contributed by atoms with Crippen LogP contribution in [-0.4, -0.2) is 31.7 Å². The summed E-state index contributed by atoms with van der Waals surface area (Å²) in [4.78, 5) is 4.28. The standard InChI is InChI=1S/C12H21N3/c1-13-8-4-5-9-14-11-7-12-6-2-3-10-15-12/h2-3,6,10,13-14H,4-5,7-9,11H2,1H3. The van der Waals surface area contributed by atoms with Gasteiger partial charge in [0.25, 0.3) is 0 Å². The van der Waals surface area contributed by atoms with Gasteiger partial charge in [0.15, 0.2) is 0 Å². The molecule has 15 heavy (non-hydrogen) atoms. The quantitative estimate of drug-likeness (QED) is 0.629. The lowest BCUT2D eigenvalue weighted by Crippen LogP contribution is -2.20. The zero-order valence-electron chi connectivity index (χ0n) is 9.50. The lowest BCUT2D eigenvalue weighted by Gasteiger charge is -2.04. The first-order valence-electron chi connectivity index (χ1n) is 5.68. The minimum absolute atomic E-state index is 1.02. The molecule has 3 nitrogen and oxygen atoms in total. The van der Waals surface area contributed by atoms with Crippen molar-refractivity contribution in [3.05, 3.63) is 30.1 Å². The maximum absolute atomic E-state index is 4.28. The molecule has 0 bridgehead atoms. The maximum Gasteiger partial charge on any atom is 0.0416 e. The van der Waals surface area contributed by atoms with Crippen molar-refractivity contribution in [2.45, 2.75) is 19.3 Å². The highest BCUT2D eigenvalue weighted by Crippen LogP contribution is 1.93. The summed E-state index contributed by atoms with van der Waals surface area (Å²) in [6.07, 6.45) is 5.35. The van der Waals surface area contributed by atoms with Crippen LogP contribution in [-0.2, 0) is 6.42 Å². The molecular weight excluding hydrogens is 186 g/mol. The number of rotatable bonds is 8. The number of pyridine rings is 1. The van der Waals surface area contributed by atoms with E-state index in [0.29, 0.717) is 0 Å². The van der Waals surface area contributed by atoms with Crippen LogP contribution < -0.4 is 10.6 Å². The molecular formula is C12H21N3. The lowest BCUT2D eigenvalue weighted by atomic mass is 10.2. The van der Waals surface area contributed by atoms with Crippen LogP contribution in [0.5, 0.6) is 0 Å². The number of unbranched alkanes of at least 4 members (excludes halogenated alkanes) is 1. The van der Waals surface area contributed by atoms with Crippen molar-refractivity contribution in [1.82, 2.24) is 15.6 Å². The minimum Gasteiger partial charge on any atom is -0.320 e. The Balaban J connectivity index is 1.93. The predicted molar refractivity (Wildman–Crippen MR) is 64.0 cm³/mol. The fraction of sp³-hybridized carbons (Fsp3) is 0.583. The molecule has 0 aliphatic heterocycles. The summed E-state index contributed by atoms with van der Waals surface area (Å²) in [5, 5.41) is 6.57. The first kappa shape index (κ1) is 12.1. The van der Waals surface area contributed by atoms with E-state index in [-0.39, 0.29) is 0 Å². The van der Waals surface area contributed by atoms with Crippen LogP contribution in [0.2, 0.25) is 0 Å². The van der Waals surface area contributed by atoms with Crippen molar-refractivity contribution < 1.29 is 0 Å². The molecule has 0 amide bonds. The van der Waals surface area contributed by atoms with Gasteiger partial charge in [-0.1, -0.05) is 6.07 Å². The molecule has 0 aromatic carbocycles. The Kier molecular flexibility index (Phi) is 6.79. The molecule has 3 heteroatoms. The molecule has 0 saturated heterocycles. The van der Waals surface area contributed by atoms with E-state index in [0.717, 1.165) is 26.1 Å². The van der Waals surface area contributed by atoms with Gasteiger partial charge in [0.2, 0.25) is 0 Å². The van der Waals surface area contributed by atoms with Gasteiger partial charge in [-0.3, -0.25) is 4.98 Å². The van der Waals surface area contributed by atoms with Gasteiger partial charge in [-0.25, -0.2) is 0 Å². The van der Waals surface area contributed by atoms with E-state index in [2.05, 4.69) is 21.7 Å². The van der Waals surface area contributed by atoms with Crippen LogP contribution in [0.15, 0.2) is 24.4 Å². The highest BCUT2D eigenvalue weighted by atomic mass is 14.9. The summed E-state index contributed by atoms with van der Waals surface area (Å²) >= 11 is 0. The van der Waals surface area contributed by atoms with Crippen molar-refractivity contribution in [2.75, 3.05) is 26.7 Å². The Morgan fingerprint density at radius 1 is 1.13 bits per heavy atom. The van der Waals surface area contributed by atoms with Gasteiger partial charge >= 0.3 is 0 Å². The number of nitrogens with zero attached hydrogens (tertiary/aromatic N) is 1. The van der Waals surface area contributed by atoms with Crippen molar-refractivity contribution in [3.63, 3.8) is 0 Å². The highest BCUT2D eigenvalue weighted by molar-refractivity contribution is 5.03. The van der Waals surface area contributed by atoms with Gasteiger partial charge in [-0.2, -0.15) is 0 Å². The molecule has 0 radical (unpaired) electrons. The fourth-order valence-corrected chi connectivity index (χ4v) is 1.44. The molecule has 0 aliphatic carbocycles. The second kappa shape index (κ2) is 8.38. The van der Waals surface area contributed by atoms with Crippen LogP contribution in [0.1, 0.15) is 18.5 Å². The SMILES string of the molecule is CNCCCCNCCc1ccccn1. The van der Waals surface area contributed by atoms with Crippen molar-refractivity contribution >= 4 is 0 Å². The fourth-order valence-electron chi connectivity index (χ4n) is 1.44. The second-order valence-corrected chi connectivity index (χ2v) is 3.63. The van der Waals surface area contributed by atoms with Crippen LogP contribution >= 0.6 is 0 Å². The van der Waals surface area contributed by atoms with Gasteiger partial charge < -0.3 is 10.6 Å².